The summed E-state index contributed by atoms with van der Waals surface area (Å²) in [6.45, 7) is 0.562. The Morgan fingerprint density at radius 2 is 2.08 bits per heavy atom. The van der Waals surface area contributed by atoms with E-state index in [1.165, 1.54) is 0 Å². The highest BCUT2D eigenvalue weighted by Crippen LogP contribution is 2.36. The van der Waals surface area contributed by atoms with Crippen LogP contribution in [0.15, 0.2) is 53.1 Å². The van der Waals surface area contributed by atoms with E-state index in [9.17, 15) is 0 Å². The maximum Gasteiger partial charge on any atom is 0.315 e. The Kier molecular flexibility index (Phi) is 3.16. The molecule has 0 saturated carbocycles. The molecule has 7 nitrogen and oxygen atoms in total. The second kappa shape index (κ2) is 5.62. The minimum Gasteiger partial charge on any atom is -0.480 e. The molecule has 0 amide bonds. The van der Waals surface area contributed by atoms with E-state index in [0.717, 1.165) is 34.2 Å². The topological polar surface area (TPSA) is 88.9 Å². The van der Waals surface area contributed by atoms with E-state index in [1.54, 1.807) is 6.20 Å². The molecule has 1 atom stereocenters. The molecule has 2 aromatic heterocycles. The molecular weight excluding hydrogens is 318 g/mol. The van der Waals surface area contributed by atoms with Crippen LogP contribution in [0.1, 0.15) is 23.1 Å². The number of aromatic amines is 1. The Balaban J connectivity index is 1.30. The SMILES string of the molecule is c1ccc2c(c1)C[C@@H](c1nnc(NCc3cccc4cn[nH]c34)o1)O2. The van der Waals surface area contributed by atoms with Crippen molar-refractivity contribution in [1.82, 2.24) is 20.4 Å². The van der Waals surface area contributed by atoms with Gasteiger partial charge in [0.1, 0.15) is 5.75 Å². The molecule has 1 aliphatic heterocycles. The summed E-state index contributed by atoms with van der Waals surface area (Å²) in [4.78, 5) is 0. The van der Waals surface area contributed by atoms with Crippen LogP contribution in [0.3, 0.4) is 0 Å². The summed E-state index contributed by atoms with van der Waals surface area (Å²) < 4.78 is 11.6. The maximum atomic E-state index is 5.88. The lowest BCUT2D eigenvalue weighted by Gasteiger charge is -2.05. The van der Waals surface area contributed by atoms with Gasteiger partial charge in [0.2, 0.25) is 0 Å². The lowest BCUT2D eigenvalue weighted by atomic mass is 10.1. The summed E-state index contributed by atoms with van der Waals surface area (Å²) in [5.41, 5.74) is 3.25. The Labute approximate surface area is 143 Å². The van der Waals surface area contributed by atoms with Crippen molar-refractivity contribution in [3.63, 3.8) is 0 Å². The predicted molar refractivity (Wildman–Crippen MR) is 91.2 cm³/mol. The molecule has 0 aliphatic carbocycles. The molecule has 124 valence electrons. The summed E-state index contributed by atoms with van der Waals surface area (Å²) in [6.07, 6.45) is 2.32. The van der Waals surface area contributed by atoms with Crippen LogP contribution in [-0.2, 0) is 13.0 Å². The van der Waals surface area contributed by atoms with E-state index in [4.69, 9.17) is 9.15 Å². The van der Waals surface area contributed by atoms with E-state index >= 15 is 0 Å². The highest BCUT2D eigenvalue weighted by atomic mass is 16.5. The molecule has 1 aliphatic rings. The van der Waals surface area contributed by atoms with Gasteiger partial charge in [-0.1, -0.05) is 41.5 Å². The fraction of sp³-hybridized carbons (Fsp3) is 0.167. The van der Waals surface area contributed by atoms with Crippen molar-refractivity contribution in [1.29, 1.82) is 0 Å². The Hall–Kier alpha value is -3.35. The number of hydrogen-bond acceptors (Lipinski definition) is 6. The van der Waals surface area contributed by atoms with Crippen molar-refractivity contribution in [2.24, 2.45) is 0 Å². The molecule has 0 spiro atoms. The molecule has 25 heavy (non-hydrogen) atoms. The lowest BCUT2D eigenvalue weighted by Crippen LogP contribution is -2.03. The van der Waals surface area contributed by atoms with E-state index in [2.05, 4.69) is 31.8 Å². The first-order valence-electron chi connectivity index (χ1n) is 8.09. The summed E-state index contributed by atoms with van der Waals surface area (Å²) in [5, 5.41) is 19.5. The molecular formula is C18H15N5O2. The van der Waals surface area contributed by atoms with E-state index in [0.29, 0.717) is 18.5 Å². The van der Waals surface area contributed by atoms with Gasteiger partial charge in [-0.05, 0) is 17.2 Å². The Morgan fingerprint density at radius 1 is 1.12 bits per heavy atom. The highest BCUT2D eigenvalue weighted by molar-refractivity contribution is 5.81. The van der Waals surface area contributed by atoms with Crippen molar-refractivity contribution in [2.75, 3.05) is 5.32 Å². The number of hydrogen-bond donors (Lipinski definition) is 2. The van der Waals surface area contributed by atoms with Crippen molar-refractivity contribution in [3.05, 3.63) is 65.7 Å². The normalized spacial score (nSPS) is 15.9. The molecule has 0 bridgehead atoms. The average Bonchev–Trinajstić information content (AvgIpc) is 3.37. The first-order chi connectivity index (χ1) is 12.4. The van der Waals surface area contributed by atoms with E-state index in [1.807, 2.05) is 36.4 Å². The zero-order chi connectivity index (χ0) is 16.6. The van der Waals surface area contributed by atoms with Crippen LogP contribution in [0.5, 0.6) is 5.75 Å². The Morgan fingerprint density at radius 3 is 3.04 bits per heavy atom. The first-order valence-corrected chi connectivity index (χ1v) is 8.09. The summed E-state index contributed by atoms with van der Waals surface area (Å²) >= 11 is 0. The van der Waals surface area contributed by atoms with Gasteiger partial charge >= 0.3 is 6.01 Å². The van der Waals surface area contributed by atoms with Gasteiger partial charge in [-0.2, -0.15) is 5.10 Å². The van der Waals surface area contributed by atoms with Crippen LogP contribution >= 0.6 is 0 Å². The second-order valence-corrected chi connectivity index (χ2v) is 5.97. The fourth-order valence-corrected chi connectivity index (χ4v) is 3.10. The quantitative estimate of drug-likeness (QED) is 0.596. The fourth-order valence-electron chi connectivity index (χ4n) is 3.10. The molecule has 5 rings (SSSR count). The minimum atomic E-state index is -0.225. The standard InChI is InChI=1S/C18H15N5O2/c1-2-7-14-11(4-1)8-15(24-14)17-22-23-18(25-17)19-9-12-5-3-6-13-10-20-21-16(12)13/h1-7,10,15H,8-9H2,(H,19,23)(H,20,21)/t15-/m0/s1. The monoisotopic (exact) mass is 333 g/mol. The molecule has 2 aromatic carbocycles. The number of benzene rings is 2. The van der Waals surface area contributed by atoms with Gasteiger partial charge in [0.25, 0.3) is 5.89 Å². The molecule has 4 aromatic rings. The maximum absolute atomic E-state index is 5.88. The number of H-pyrrole nitrogens is 1. The van der Waals surface area contributed by atoms with Crippen LogP contribution in [0.2, 0.25) is 0 Å². The van der Waals surface area contributed by atoms with Gasteiger partial charge in [-0.15, -0.1) is 5.10 Å². The van der Waals surface area contributed by atoms with Crippen LogP contribution in [0, 0.1) is 0 Å². The lowest BCUT2D eigenvalue weighted by molar-refractivity contribution is 0.199. The largest absolute Gasteiger partial charge is 0.480 e. The van der Waals surface area contributed by atoms with Gasteiger partial charge in [0.15, 0.2) is 6.10 Å². The summed E-state index contributed by atoms with van der Waals surface area (Å²) in [7, 11) is 0. The van der Waals surface area contributed by atoms with Crippen LogP contribution in [0.25, 0.3) is 10.9 Å². The van der Waals surface area contributed by atoms with Gasteiger partial charge in [-0.3, -0.25) is 5.10 Å². The van der Waals surface area contributed by atoms with Crippen molar-refractivity contribution in [2.45, 2.75) is 19.1 Å². The number of nitrogens with one attached hydrogen (secondary N) is 2. The van der Waals surface area contributed by atoms with Gasteiger partial charge in [0, 0.05) is 18.4 Å². The first kappa shape index (κ1) is 14.0. The van der Waals surface area contributed by atoms with Gasteiger partial charge < -0.3 is 14.5 Å². The number of anilines is 1. The zero-order valence-electron chi connectivity index (χ0n) is 13.3. The van der Waals surface area contributed by atoms with Crippen molar-refractivity contribution in [3.8, 4) is 5.75 Å². The predicted octanol–water partition coefficient (Wildman–Crippen LogP) is 3.23. The van der Waals surface area contributed by atoms with E-state index in [-0.39, 0.29) is 6.10 Å². The third kappa shape index (κ3) is 2.50. The number of rotatable bonds is 4. The van der Waals surface area contributed by atoms with Gasteiger partial charge in [0.05, 0.1) is 11.7 Å². The van der Waals surface area contributed by atoms with Crippen molar-refractivity contribution < 1.29 is 9.15 Å². The molecule has 2 N–H and O–H groups in total. The molecule has 0 saturated heterocycles. The molecule has 0 unspecified atom stereocenters. The van der Waals surface area contributed by atoms with Crippen molar-refractivity contribution >= 4 is 16.9 Å². The number of fused-ring (bicyclic) bond motifs is 2. The average molecular weight is 333 g/mol. The molecule has 0 radical (unpaired) electrons. The summed E-state index contributed by atoms with van der Waals surface area (Å²) in [6, 6.07) is 14.4. The smallest absolute Gasteiger partial charge is 0.315 e. The third-order valence-corrected chi connectivity index (χ3v) is 4.36. The second-order valence-electron chi connectivity index (χ2n) is 5.97. The Bertz CT molecular complexity index is 1010. The number of nitrogens with zero attached hydrogens (tertiary/aromatic N) is 3. The summed E-state index contributed by atoms with van der Waals surface area (Å²) in [5.74, 6) is 1.37. The number of aromatic nitrogens is 4. The number of para-hydroxylation sites is 2. The zero-order valence-corrected chi connectivity index (χ0v) is 13.3. The highest BCUT2D eigenvalue weighted by Gasteiger charge is 2.28. The van der Waals surface area contributed by atoms with Crippen LogP contribution < -0.4 is 10.1 Å². The third-order valence-electron chi connectivity index (χ3n) is 4.36. The van der Waals surface area contributed by atoms with Gasteiger partial charge in [-0.25, -0.2) is 0 Å². The molecule has 0 fully saturated rings. The molecule has 3 heterocycles. The number of ether oxygens (including phenoxy) is 1. The molecule has 7 heteroatoms. The van der Waals surface area contributed by atoms with Crippen LogP contribution in [0.4, 0.5) is 6.01 Å². The van der Waals surface area contributed by atoms with E-state index < -0.39 is 0 Å². The minimum absolute atomic E-state index is 0.225. The van der Waals surface area contributed by atoms with Crippen LogP contribution in [-0.4, -0.2) is 20.4 Å².